The lowest BCUT2D eigenvalue weighted by Gasteiger charge is -2.20. The average molecular weight is 267 g/mol. The van der Waals surface area contributed by atoms with Crippen molar-refractivity contribution in [1.82, 2.24) is 4.90 Å². The van der Waals surface area contributed by atoms with Crippen LogP contribution < -0.4 is 0 Å². The van der Waals surface area contributed by atoms with Gasteiger partial charge in [0, 0.05) is 33.4 Å². The Balaban J connectivity index is 2.68. The number of aliphatic hydroxyl groups is 1. The number of likely N-dealkylation sites (N-methyl/N-ethyl adjacent to an activating group) is 1. The maximum absolute atomic E-state index is 12.2. The maximum Gasteiger partial charge on any atom is 0.253 e. The first-order valence-corrected chi connectivity index (χ1v) is 6.08. The molecule has 0 aromatic heterocycles. The molecule has 1 rings (SSSR count). The molecule has 1 N–H and O–H groups in total. The van der Waals surface area contributed by atoms with Gasteiger partial charge < -0.3 is 19.5 Å². The fraction of sp³-hybridized carbons (Fsp3) is 0.500. The highest BCUT2D eigenvalue weighted by atomic mass is 16.5. The van der Waals surface area contributed by atoms with E-state index in [-0.39, 0.29) is 19.1 Å². The van der Waals surface area contributed by atoms with Crippen LogP contribution in [0.4, 0.5) is 0 Å². The minimum atomic E-state index is -0.680. The Morgan fingerprint density at radius 3 is 2.74 bits per heavy atom. The smallest absolute Gasteiger partial charge is 0.253 e. The molecule has 19 heavy (non-hydrogen) atoms. The number of benzene rings is 1. The summed E-state index contributed by atoms with van der Waals surface area (Å²) in [6, 6.07) is 7.27. The first-order chi connectivity index (χ1) is 9.08. The fourth-order valence-corrected chi connectivity index (χ4v) is 1.83. The van der Waals surface area contributed by atoms with Crippen LogP contribution in [-0.4, -0.2) is 56.4 Å². The molecule has 0 heterocycles. The quantitative estimate of drug-likeness (QED) is 0.798. The Morgan fingerprint density at radius 1 is 1.37 bits per heavy atom. The molecule has 0 radical (unpaired) electrons. The van der Waals surface area contributed by atoms with Gasteiger partial charge in [0.15, 0.2) is 0 Å². The van der Waals surface area contributed by atoms with Crippen LogP contribution in [0.25, 0.3) is 0 Å². The zero-order valence-corrected chi connectivity index (χ0v) is 11.6. The Bertz CT molecular complexity index is 408. The topological polar surface area (TPSA) is 59.0 Å². The molecule has 1 amide bonds. The number of carbonyl (C=O) groups is 1. The second-order valence-corrected chi connectivity index (χ2v) is 4.43. The zero-order chi connectivity index (χ0) is 14.3. The standard InChI is InChI=1S/C14H21NO4/c1-15(8-13(16)10-19-3)14(17)12-6-4-5-11(7-12)9-18-2/h4-7,13,16H,8-10H2,1-3H3. The molecule has 0 saturated heterocycles. The Kier molecular flexibility index (Phi) is 6.49. The van der Waals surface area contributed by atoms with E-state index in [1.54, 1.807) is 26.3 Å². The monoisotopic (exact) mass is 267 g/mol. The van der Waals surface area contributed by atoms with Gasteiger partial charge in [-0.25, -0.2) is 0 Å². The molecule has 0 bridgehead atoms. The molecule has 1 aromatic carbocycles. The molecule has 5 heteroatoms. The second-order valence-electron chi connectivity index (χ2n) is 4.43. The largest absolute Gasteiger partial charge is 0.389 e. The minimum Gasteiger partial charge on any atom is -0.389 e. The normalized spacial score (nSPS) is 12.2. The van der Waals surface area contributed by atoms with Gasteiger partial charge in [0.2, 0.25) is 0 Å². The molecule has 0 spiro atoms. The molecule has 106 valence electrons. The Hall–Kier alpha value is -1.43. The molecule has 0 aliphatic heterocycles. The van der Waals surface area contributed by atoms with E-state index in [0.717, 1.165) is 5.56 Å². The summed E-state index contributed by atoms with van der Waals surface area (Å²) in [6.07, 6.45) is -0.680. The van der Waals surface area contributed by atoms with Crippen molar-refractivity contribution in [3.63, 3.8) is 0 Å². The van der Waals surface area contributed by atoms with Gasteiger partial charge in [-0.15, -0.1) is 0 Å². The SMILES string of the molecule is COCc1cccc(C(=O)N(C)CC(O)COC)c1. The third-order valence-electron chi connectivity index (χ3n) is 2.68. The van der Waals surface area contributed by atoms with Crippen LogP contribution in [0.5, 0.6) is 0 Å². The number of methoxy groups -OCH3 is 2. The van der Waals surface area contributed by atoms with Crippen molar-refractivity contribution < 1.29 is 19.4 Å². The first kappa shape index (κ1) is 15.6. The van der Waals surface area contributed by atoms with E-state index < -0.39 is 6.10 Å². The number of aliphatic hydroxyl groups excluding tert-OH is 1. The van der Waals surface area contributed by atoms with Crippen LogP contribution in [0.1, 0.15) is 15.9 Å². The van der Waals surface area contributed by atoms with Gasteiger partial charge in [0.05, 0.1) is 19.3 Å². The van der Waals surface area contributed by atoms with E-state index in [2.05, 4.69) is 0 Å². The van der Waals surface area contributed by atoms with Gasteiger partial charge in [-0.2, -0.15) is 0 Å². The van der Waals surface area contributed by atoms with E-state index in [4.69, 9.17) is 9.47 Å². The molecule has 1 aromatic rings. The van der Waals surface area contributed by atoms with Gasteiger partial charge in [0.25, 0.3) is 5.91 Å². The highest BCUT2D eigenvalue weighted by Crippen LogP contribution is 2.09. The fourth-order valence-electron chi connectivity index (χ4n) is 1.83. The number of carbonyl (C=O) groups excluding carboxylic acids is 1. The van der Waals surface area contributed by atoms with Crippen LogP contribution in [0.15, 0.2) is 24.3 Å². The highest BCUT2D eigenvalue weighted by Gasteiger charge is 2.15. The summed E-state index contributed by atoms with van der Waals surface area (Å²) in [5.41, 5.74) is 1.53. The van der Waals surface area contributed by atoms with E-state index in [1.165, 1.54) is 12.0 Å². The molecular formula is C14H21NO4. The van der Waals surface area contributed by atoms with E-state index >= 15 is 0 Å². The lowest BCUT2D eigenvalue weighted by molar-refractivity contribution is 0.0380. The van der Waals surface area contributed by atoms with Crippen LogP contribution in [0, 0.1) is 0 Å². The summed E-state index contributed by atoms with van der Waals surface area (Å²) in [7, 11) is 4.78. The van der Waals surface area contributed by atoms with Gasteiger partial charge in [-0.05, 0) is 17.7 Å². The summed E-state index contributed by atoms with van der Waals surface area (Å²) in [5, 5.41) is 9.62. The molecule has 0 aliphatic carbocycles. The minimum absolute atomic E-state index is 0.131. The van der Waals surface area contributed by atoms with Crippen molar-refractivity contribution in [2.24, 2.45) is 0 Å². The van der Waals surface area contributed by atoms with Crippen LogP contribution >= 0.6 is 0 Å². The molecule has 0 fully saturated rings. The predicted molar refractivity (Wildman–Crippen MR) is 72.0 cm³/mol. The summed E-state index contributed by atoms with van der Waals surface area (Å²) in [5.74, 6) is -0.131. The lowest BCUT2D eigenvalue weighted by Crippen LogP contribution is -2.36. The third-order valence-corrected chi connectivity index (χ3v) is 2.68. The second kappa shape index (κ2) is 7.89. The number of hydrogen-bond donors (Lipinski definition) is 1. The molecule has 1 atom stereocenters. The average Bonchev–Trinajstić information content (AvgIpc) is 2.38. The highest BCUT2D eigenvalue weighted by molar-refractivity contribution is 5.94. The van der Waals surface area contributed by atoms with Crippen LogP contribution in [-0.2, 0) is 16.1 Å². The number of nitrogens with zero attached hydrogens (tertiary/aromatic N) is 1. The number of hydrogen-bond acceptors (Lipinski definition) is 4. The van der Waals surface area contributed by atoms with Gasteiger partial charge in [-0.1, -0.05) is 12.1 Å². The number of ether oxygens (including phenoxy) is 2. The Morgan fingerprint density at radius 2 is 2.11 bits per heavy atom. The summed E-state index contributed by atoms with van der Waals surface area (Å²) in [4.78, 5) is 13.7. The van der Waals surface area contributed by atoms with Crippen molar-refractivity contribution in [2.75, 3.05) is 34.4 Å². The summed E-state index contributed by atoms with van der Waals surface area (Å²) in [6.45, 7) is 0.916. The van der Waals surface area contributed by atoms with E-state index in [1.807, 2.05) is 12.1 Å². The molecule has 0 aliphatic rings. The zero-order valence-electron chi connectivity index (χ0n) is 11.6. The van der Waals surface area contributed by atoms with Gasteiger partial charge in [-0.3, -0.25) is 4.79 Å². The van der Waals surface area contributed by atoms with Crippen molar-refractivity contribution in [3.8, 4) is 0 Å². The van der Waals surface area contributed by atoms with Crippen molar-refractivity contribution >= 4 is 5.91 Å². The first-order valence-electron chi connectivity index (χ1n) is 6.08. The maximum atomic E-state index is 12.2. The van der Waals surface area contributed by atoms with Gasteiger partial charge >= 0.3 is 0 Å². The molecule has 1 unspecified atom stereocenters. The Labute approximate surface area is 113 Å². The number of rotatable bonds is 7. The molecular weight excluding hydrogens is 246 g/mol. The summed E-state index contributed by atoms with van der Waals surface area (Å²) >= 11 is 0. The van der Waals surface area contributed by atoms with E-state index in [9.17, 15) is 9.90 Å². The number of amides is 1. The predicted octanol–water partition coefficient (Wildman–Crippen LogP) is 0.912. The van der Waals surface area contributed by atoms with Crippen molar-refractivity contribution in [2.45, 2.75) is 12.7 Å². The van der Waals surface area contributed by atoms with Crippen molar-refractivity contribution in [3.05, 3.63) is 35.4 Å². The van der Waals surface area contributed by atoms with Crippen LogP contribution in [0.2, 0.25) is 0 Å². The summed E-state index contributed by atoms with van der Waals surface area (Å²) < 4.78 is 9.87. The van der Waals surface area contributed by atoms with Gasteiger partial charge in [0.1, 0.15) is 0 Å². The molecule has 5 nitrogen and oxygen atoms in total. The third kappa shape index (κ3) is 4.98. The molecule has 0 saturated carbocycles. The van der Waals surface area contributed by atoms with Crippen molar-refractivity contribution in [1.29, 1.82) is 0 Å². The van der Waals surface area contributed by atoms with Crippen LogP contribution in [0.3, 0.4) is 0 Å². The lowest BCUT2D eigenvalue weighted by atomic mass is 10.1. The van der Waals surface area contributed by atoms with E-state index in [0.29, 0.717) is 12.2 Å².